The highest BCUT2D eigenvalue weighted by molar-refractivity contribution is 5.94. The van der Waals surface area contributed by atoms with E-state index < -0.39 is 35.0 Å². The Balaban J connectivity index is 2.14. The van der Waals surface area contributed by atoms with Gasteiger partial charge in [0, 0.05) is 0 Å². The number of ether oxygens (including phenoxy) is 2. The minimum absolute atomic E-state index is 0.0204. The van der Waals surface area contributed by atoms with Crippen molar-refractivity contribution in [2.24, 2.45) is 0 Å². The van der Waals surface area contributed by atoms with Gasteiger partial charge in [-0.2, -0.15) is 0 Å². The molecule has 1 aromatic carbocycles. The predicted octanol–water partition coefficient (Wildman–Crippen LogP) is 2.68. The maximum absolute atomic E-state index is 13.8. The Morgan fingerprint density at radius 2 is 2.00 bits per heavy atom. The zero-order chi connectivity index (χ0) is 16.8. The molecule has 2 rings (SSSR count). The first-order valence-corrected chi connectivity index (χ1v) is 6.46. The third-order valence-corrected chi connectivity index (χ3v) is 2.83. The quantitative estimate of drug-likeness (QED) is 0.879. The van der Waals surface area contributed by atoms with E-state index in [1.54, 1.807) is 24.3 Å². The molecular weight excluding hydrogens is 307 g/mol. The Hall–Kier alpha value is -3.16. The smallest absolute Gasteiger partial charge is 0.412 e. The number of carbonyl (C=O) groups excluding carboxylic acids is 1. The standard InChI is InChI=1S/C15H13FN2O5/c1-22-13-11(10(16)7-17-12(13)14(19)20)18-15(21)23-8-9-5-3-2-4-6-9/h2-7H,8H2,1H3,(H,19,20)(H,17,18,21). The summed E-state index contributed by atoms with van der Waals surface area (Å²) in [6.07, 6.45) is -0.271. The number of benzene rings is 1. The topological polar surface area (TPSA) is 97.8 Å². The lowest BCUT2D eigenvalue weighted by molar-refractivity contribution is 0.0686. The zero-order valence-corrected chi connectivity index (χ0v) is 12.1. The number of hydrogen-bond donors (Lipinski definition) is 2. The van der Waals surface area contributed by atoms with E-state index >= 15 is 0 Å². The van der Waals surface area contributed by atoms with Crippen molar-refractivity contribution in [3.8, 4) is 5.75 Å². The van der Waals surface area contributed by atoms with E-state index in [9.17, 15) is 14.0 Å². The summed E-state index contributed by atoms with van der Waals surface area (Å²) >= 11 is 0. The summed E-state index contributed by atoms with van der Waals surface area (Å²) in [4.78, 5) is 26.2. The minimum atomic E-state index is -1.41. The highest BCUT2D eigenvalue weighted by Crippen LogP contribution is 2.30. The monoisotopic (exact) mass is 320 g/mol. The van der Waals surface area contributed by atoms with E-state index in [2.05, 4.69) is 10.3 Å². The number of methoxy groups -OCH3 is 1. The van der Waals surface area contributed by atoms with Crippen molar-refractivity contribution in [2.45, 2.75) is 6.61 Å². The molecule has 1 aromatic heterocycles. The normalized spacial score (nSPS) is 10.0. The molecule has 1 heterocycles. The van der Waals surface area contributed by atoms with E-state index in [1.807, 2.05) is 6.07 Å². The van der Waals surface area contributed by atoms with Crippen LogP contribution in [-0.4, -0.2) is 29.3 Å². The molecule has 23 heavy (non-hydrogen) atoms. The molecule has 0 saturated heterocycles. The first-order chi connectivity index (χ1) is 11.0. The number of anilines is 1. The number of amides is 1. The highest BCUT2D eigenvalue weighted by Gasteiger charge is 2.22. The second-order valence-corrected chi connectivity index (χ2v) is 4.35. The maximum atomic E-state index is 13.8. The first kappa shape index (κ1) is 16.2. The lowest BCUT2D eigenvalue weighted by Crippen LogP contribution is -2.17. The fourth-order valence-corrected chi connectivity index (χ4v) is 1.80. The molecule has 8 heteroatoms. The molecule has 0 radical (unpaired) electrons. The van der Waals surface area contributed by atoms with Gasteiger partial charge in [-0.15, -0.1) is 0 Å². The van der Waals surface area contributed by atoms with Crippen molar-refractivity contribution < 1.29 is 28.6 Å². The molecule has 1 amide bonds. The van der Waals surface area contributed by atoms with Crippen LogP contribution < -0.4 is 10.1 Å². The van der Waals surface area contributed by atoms with Crippen LogP contribution in [0.2, 0.25) is 0 Å². The first-order valence-electron chi connectivity index (χ1n) is 6.46. The molecule has 0 aliphatic rings. The van der Waals surface area contributed by atoms with Gasteiger partial charge >= 0.3 is 12.1 Å². The van der Waals surface area contributed by atoms with Gasteiger partial charge in [-0.25, -0.2) is 19.0 Å². The van der Waals surface area contributed by atoms with Gasteiger partial charge in [0.05, 0.1) is 13.3 Å². The van der Waals surface area contributed by atoms with Crippen LogP contribution >= 0.6 is 0 Å². The SMILES string of the molecule is COc1c(C(=O)O)ncc(F)c1NC(=O)OCc1ccccc1. The number of carboxylic acids is 1. The number of hydrogen-bond acceptors (Lipinski definition) is 5. The zero-order valence-electron chi connectivity index (χ0n) is 12.1. The van der Waals surface area contributed by atoms with E-state index in [1.165, 1.54) is 0 Å². The van der Waals surface area contributed by atoms with Crippen LogP contribution in [0.3, 0.4) is 0 Å². The summed E-state index contributed by atoms with van der Waals surface area (Å²) in [6.45, 7) is -0.0204. The van der Waals surface area contributed by atoms with Crippen LogP contribution in [-0.2, 0) is 11.3 Å². The molecule has 2 aromatic rings. The second-order valence-electron chi connectivity index (χ2n) is 4.35. The van der Waals surface area contributed by atoms with Crippen LogP contribution in [0, 0.1) is 5.82 Å². The van der Waals surface area contributed by atoms with Gasteiger partial charge in [-0.3, -0.25) is 5.32 Å². The highest BCUT2D eigenvalue weighted by atomic mass is 19.1. The molecular formula is C15H13FN2O5. The Kier molecular flexibility index (Phi) is 5.08. The predicted molar refractivity (Wildman–Crippen MR) is 78.0 cm³/mol. The van der Waals surface area contributed by atoms with Crippen LogP contribution in [0.5, 0.6) is 5.75 Å². The van der Waals surface area contributed by atoms with Crippen LogP contribution in [0.1, 0.15) is 16.1 Å². The van der Waals surface area contributed by atoms with Gasteiger partial charge in [0.15, 0.2) is 17.3 Å². The summed E-state index contributed by atoms with van der Waals surface area (Å²) in [5.74, 6) is -2.75. The molecule has 0 spiro atoms. The number of carboxylic acid groups (broad SMARTS) is 1. The van der Waals surface area contributed by atoms with Crippen molar-refractivity contribution in [1.82, 2.24) is 4.98 Å². The molecule has 0 aliphatic heterocycles. The number of nitrogens with one attached hydrogen (secondary N) is 1. The molecule has 0 saturated carbocycles. The average molecular weight is 320 g/mol. The second kappa shape index (κ2) is 7.21. The van der Waals surface area contributed by atoms with E-state index in [4.69, 9.17) is 14.6 Å². The Labute approximate surface area is 130 Å². The fraction of sp³-hybridized carbons (Fsp3) is 0.133. The Morgan fingerprint density at radius 1 is 1.30 bits per heavy atom. The van der Waals surface area contributed by atoms with E-state index in [0.717, 1.165) is 12.7 Å². The summed E-state index contributed by atoms with van der Waals surface area (Å²) in [5, 5.41) is 11.1. The molecule has 0 atom stereocenters. The van der Waals surface area contributed by atoms with Gasteiger partial charge in [0.2, 0.25) is 0 Å². The van der Waals surface area contributed by atoms with Gasteiger partial charge in [-0.1, -0.05) is 30.3 Å². The van der Waals surface area contributed by atoms with E-state index in [0.29, 0.717) is 6.20 Å². The lowest BCUT2D eigenvalue weighted by Gasteiger charge is -2.12. The molecule has 7 nitrogen and oxygen atoms in total. The summed E-state index contributed by atoms with van der Waals surface area (Å²) in [6, 6.07) is 8.88. The van der Waals surface area contributed by atoms with Crippen molar-refractivity contribution in [3.63, 3.8) is 0 Å². The van der Waals surface area contributed by atoms with Crippen molar-refractivity contribution >= 4 is 17.7 Å². The number of nitrogens with zero attached hydrogens (tertiary/aromatic N) is 1. The van der Waals surface area contributed by atoms with Gasteiger partial charge < -0.3 is 14.6 Å². The van der Waals surface area contributed by atoms with Crippen molar-refractivity contribution in [3.05, 3.63) is 53.6 Å². The average Bonchev–Trinajstić information content (AvgIpc) is 2.55. The molecule has 120 valence electrons. The number of aromatic carboxylic acids is 1. The Bertz CT molecular complexity index is 721. The number of halogens is 1. The summed E-state index contributed by atoms with van der Waals surface area (Å²) in [7, 11) is 1.14. The molecule has 0 fully saturated rings. The number of aromatic nitrogens is 1. The van der Waals surface area contributed by atoms with Crippen LogP contribution in [0.15, 0.2) is 36.5 Å². The molecule has 0 aliphatic carbocycles. The third-order valence-electron chi connectivity index (χ3n) is 2.83. The van der Waals surface area contributed by atoms with Gasteiger partial charge in [-0.05, 0) is 5.56 Å². The van der Waals surface area contributed by atoms with Gasteiger partial charge in [0.1, 0.15) is 12.3 Å². The van der Waals surface area contributed by atoms with Crippen molar-refractivity contribution in [1.29, 1.82) is 0 Å². The molecule has 0 unspecified atom stereocenters. The number of rotatable bonds is 5. The summed E-state index contributed by atoms with van der Waals surface area (Å²) in [5.41, 5.74) is -0.221. The Morgan fingerprint density at radius 3 is 2.61 bits per heavy atom. The summed E-state index contributed by atoms with van der Waals surface area (Å²) < 4.78 is 23.6. The third kappa shape index (κ3) is 3.94. The molecule has 0 bridgehead atoms. The molecule has 2 N–H and O–H groups in total. The van der Waals surface area contributed by atoms with E-state index in [-0.39, 0.29) is 6.61 Å². The van der Waals surface area contributed by atoms with Crippen LogP contribution in [0.4, 0.5) is 14.9 Å². The largest absolute Gasteiger partial charge is 0.492 e. The lowest BCUT2D eigenvalue weighted by atomic mass is 10.2. The van der Waals surface area contributed by atoms with Crippen LogP contribution in [0.25, 0.3) is 0 Å². The maximum Gasteiger partial charge on any atom is 0.412 e. The van der Waals surface area contributed by atoms with Gasteiger partial charge in [0.25, 0.3) is 0 Å². The number of carbonyl (C=O) groups is 2. The number of pyridine rings is 1. The van der Waals surface area contributed by atoms with Crippen molar-refractivity contribution in [2.75, 3.05) is 12.4 Å². The minimum Gasteiger partial charge on any atom is -0.492 e. The fourth-order valence-electron chi connectivity index (χ4n) is 1.80.